The van der Waals surface area contributed by atoms with Crippen LogP contribution in [0.25, 0.3) is 0 Å². The lowest BCUT2D eigenvalue weighted by atomic mass is 10.2. The summed E-state index contributed by atoms with van der Waals surface area (Å²) in [5.41, 5.74) is 1.06. The van der Waals surface area contributed by atoms with E-state index in [1.54, 1.807) is 12.4 Å². The number of nitrogens with zero attached hydrogens (tertiary/aromatic N) is 4. The van der Waals surface area contributed by atoms with Gasteiger partial charge in [0.1, 0.15) is 5.15 Å². The van der Waals surface area contributed by atoms with Gasteiger partial charge in [-0.15, -0.1) is 11.6 Å². The fourth-order valence-electron chi connectivity index (χ4n) is 1.68. The Labute approximate surface area is 131 Å². The van der Waals surface area contributed by atoms with Gasteiger partial charge in [0.15, 0.2) is 5.13 Å². The zero-order valence-corrected chi connectivity index (χ0v) is 12.9. The monoisotopic (exact) mass is 326 g/mol. The molecule has 0 fully saturated rings. The predicted octanol–water partition coefficient (Wildman–Crippen LogP) is 3.85. The van der Waals surface area contributed by atoms with E-state index in [4.69, 9.17) is 28.5 Å². The van der Waals surface area contributed by atoms with E-state index in [9.17, 15) is 0 Å². The fourth-order valence-corrected chi connectivity index (χ4v) is 3.18. The molecule has 0 aliphatic rings. The van der Waals surface area contributed by atoms with Crippen LogP contribution < -0.4 is 4.90 Å². The third-order valence-electron chi connectivity index (χ3n) is 2.62. The minimum atomic E-state index is 0.343. The molecule has 2 heterocycles. The minimum absolute atomic E-state index is 0.343. The zero-order valence-electron chi connectivity index (χ0n) is 10.6. The molecule has 104 valence electrons. The summed E-state index contributed by atoms with van der Waals surface area (Å²) in [7, 11) is 0. The van der Waals surface area contributed by atoms with Crippen LogP contribution in [0.1, 0.15) is 16.9 Å². The molecular formula is C13H12Cl2N4S. The van der Waals surface area contributed by atoms with E-state index >= 15 is 0 Å². The number of hydrogen-bond acceptors (Lipinski definition) is 5. The molecule has 0 spiro atoms. The summed E-state index contributed by atoms with van der Waals surface area (Å²) in [5.74, 6) is 0.343. The van der Waals surface area contributed by atoms with Gasteiger partial charge in [0.2, 0.25) is 0 Å². The molecule has 0 amide bonds. The standard InChI is InChI=1S/C13H12Cl2N4S/c14-7-11-12(15)18-13(20-11)19(6-2-4-16)9-10-3-1-5-17-8-10/h1,3,5,8H,2,6-7,9H2. The molecular weight excluding hydrogens is 315 g/mol. The molecule has 0 saturated heterocycles. The number of rotatable bonds is 6. The lowest BCUT2D eigenvalue weighted by Gasteiger charge is -2.20. The second-order valence-electron chi connectivity index (χ2n) is 4.03. The molecule has 0 saturated carbocycles. The van der Waals surface area contributed by atoms with Crippen molar-refractivity contribution in [3.8, 4) is 6.07 Å². The van der Waals surface area contributed by atoms with Gasteiger partial charge in [0.25, 0.3) is 0 Å². The molecule has 0 unspecified atom stereocenters. The smallest absolute Gasteiger partial charge is 0.187 e. The maximum absolute atomic E-state index is 8.78. The molecule has 0 atom stereocenters. The van der Waals surface area contributed by atoms with Crippen LogP contribution in [0.15, 0.2) is 24.5 Å². The molecule has 0 aliphatic carbocycles. The first-order valence-corrected chi connectivity index (χ1v) is 7.69. The largest absolute Gasteiger partial charge is 0.343 e. The summed E-state index contributed by atoms with van der Waals surface area (Å²) < 4.78 is 0. The Morgan fingerprint density at radius 1 is 1.45 bits per heavy atom. The number of halogens is 2. The summed E-state index contributed by atoms with van der Waals surface area (Å²) >= 11 is 13.3. The quantitative estimate of drug-likeness (QED) is 0.756. The Morgan fingerprint density at radius 3 is 2.90 bits per heavy atom. The Bertz CT molecular complexity index is 594. The van der Waals surface area contributed by atoms with Crippen LogP contribution in [0, 0.1) is 11.3 Å². The van der Waals surface area contributed by atoms with Crippen LogP contribution in [-0.2, 0) is 12.4 Å². The number of aromatic nitrogens is 2. The van der Waals surface area contributed by atoms with Gasteiger partial charge >= 0.3 is 0 Å². The van der Waals surface area contributed by atoms with Crippen LogP contribution >= 0.6 is 34.5 Å². The predicted molar refractivity (Wildman–Crippen MR) is 82.2 cm³/mol. The normalized spacial score (nSPS) is 10.2. The van der Waals surface area contributed by atoms with Gasteiger partial charge in [0, 0.05) is 25.5 Å². The fraction of sp³-hybridized carbons (Fsp3) is 0.308. The number of pyridine rings is 1. The lowest BCUT2D eigenvalue weighted by molar-refractivity contribution is 0.791. The summed E-state index contributed by atoms with van der Waals surface area (Å²) in [6, 6.07) is 6.03. The molecule has 20 heavy (non-hydrogen) atoms. The van der Waals surface area contributed by atoms with Crippen LogP contribution in [0.2, 0.25) is 5.15 Å². The maximum Gasteiger partial charge on any atom is 0.187 e. The highest BCUT2D eigenvalue weighted by Crippen LogP contribution is 2.31. The molecule has 7 heteroatoms. The van der Waals surface area contributed by atoms with Gasteiger partial charge in [-0.1, -0.05) is 29.0 Å². The zero-order chi connectivity index (χ0) is 14.4. The minimum Gasteiger partial charge on any atom is -0.343 e. The number of hydrogen-bond donors (Lipinski definition) is 0. The van der Waals surface area contributed by atoms with Gasteiger partial charge in [-0.25, -0.2) is 4.98 Å². The second-order valence-corrected chi connectivity index (χ2v) is 5.72. The average Bonchev–Trinajstić information content (AvgIpc) is 2.85. The van der Waals surface area contributed by atoms with Crippen molar-refractivity contribution in [3.05, 3.63) is 40.1 Å². The van der Waals surface area contributed by atoms with Crippen molar-refractivity contribution >= 4 is 39.7 Å². The number of anilines is 1. The van der Waals surface area contributed by atoms with E-state index in [1.165, 1.54) is 11.3 Å². The lowest BCUT2D eigenvalue weighted by Crippen LogP contribution is -2.23. The third-order valence-corrected chi connectivity index (χ3v) is 4.59. The molecule has 0 radical (unpaired) electrons. The molecule has 2 rings (SSSR count). The highest BCUT2D eigenvalue weighted by molar-refractivity contribution is 7.16. The van der Waals surface area contributed by atoms with E-state index in [2.05, 4.69) is 16.0 Å². The summed E-state index contributed by atoms with van der Waals surface area (Å²) in [6.45, 7) is 1.23. The van der Waals surface area contributed by atoms with Crippen LogP contribution in [0.4, 0.5) is 5.13 Å². The van der Waals surface area contributed by atoms with Crippen molar-refractivity contribution in [2.75, 3.05) is 11.4 Å². The van der Waals surface area contributed by atoms with Crippen molar-refractivity contribution in [3.63, 3.8) is 0 Å². The summed E-state index contributed by atoms with van der Waals surface area (Å²) in [6.07, 6.45) is 3.96. The highest BCUT2D eigenvalue weighted by Gasteiger charge is 2.15. The van der Waals surface area contributed by atoms with Gasteiger partial charge < -0.3 is 4.90 Å². The molecule has 2 aromatic rings. The van der Waals surface area contributed by atoms with Crippen molar-refractivity contribution in [2.45, 2.75) is 18.8 Å². The van der Waals surface area contributed by atoms with E-state index in [0.29, 0.717) is 30.5 Å². The van der Waals surface area contributed by atoms with Gasteiger partial charge in [-0.3, -0.25) is 4.98 Å². The molecule has 0 bridgehead atoms. The number of alkyl halides is 1. The van der Waals surface area contributed by atoms with Crippen LogP contribution in [-0.4, -0.2) is 16.5 Å². The Morgan fingerprint density at radius 2 is 2.30 bits per heavy atom. The van der Waals surface area contributed by atoms with E-state index in [0.717, 1.165) is 15.6 Å². The van der Waals surface area contributed by atoms with E-state index in [-0.39, 0.29) is 0 Å². The van der Waals surface area contributed by atoms with Crippen LogP contribution in [0.5, 0.6) is 0 Å². The topological polar surface area (TPSA) is 52.8 Å². The number of nitriles is 1. The first-order chi connectivity index (χ1) is 9.74. The number of thiazole rings is 1. The van der Waals surface area contributed by atoms with Crippen molar-refractivity contribution in [2.24, 2.45) is 0 Å². The maximum atomic E-state index is 8.78. The van der Waals surface area contributed by atoms with Crippen molar-refractivity contribution < 1.29 is 0 Å². The van der Waals surface area contributed by atoms with Crippen molar-refractivity contribution in [1.82, 2.24) is 9.97 Å². The highest BCUT2D eigenvalue weighted by atomic mass is 35.5. The van der Waals surface area contributed by atoms with E-state index < -0.39 is 0 Å². The summed E-state index contributed by atoms with van der Waals surface area (Å²) in [4.78, 5) is 11.3. The molecule has 2 aromatic heterocycles. The Hall–Kier alpha value is -1.35. The molecule has 0 aromatic carbocycles. The van der Waals surface area contributed by atoms with E-state index in [1.807, 2.05) is 17.0 Å². The van der Waals surface area contributed by atoms with Gasteiger partial charge in [-0.05, 0) is 11.6 Å². The Kier molecular flexibility index (Phi) is 5.60. The first-order valence-electron chi connectivity index (χ1n) is 5.96. The third kappa shape index (κ3) is 3.83. The molecule has 0 aliphatic heterocycles. The van der Waals surface area contributed by atoms with Crippen LogP contribution in [0.3, 0.4) is 0 Å². The molecule has 0 N–H and O–H groups in total. The second kappa shape index (κ2) is 7.44. The molecule has 4 nitrogen and oxygen atoms in total. The van der Waals surface area contributed by atoms with Crippen molar-refractivity contribution in [1.29, 1.82) is 5.26 Å². The van der Waals surface area contributed by atoms with Gasteiger partial charge in [-0.2, -0.15) is 5.26 Å². The summed E-state index contributed by atoms with van der Waals surface area (Å²) in [5, 5.41) is 10.0. The average molecular weight is 327 g/mol. The van der Waals surface area contributed by atoms with Gasteiger partial charge in [0.05, 0.1) is 23.2 Å². The SMILES string of the molecule is N#CCCN(Cc1cccnc1)c1nc(Cl)c(CCl)s1. The first kappa shape index (κ1) is 15.0. The Balaban J connectivity index is 2.20.